The number of halogens is 1. The number of nitrogens with zero attached hydrogens (tertiary/aromatic N) is 14. The van der Waals surface area contributed by atoms with Crippen molar-refractivity contribution in [2.75, 3.05) is 63.4 Å². The SMILES string of the molecule is CC(C)(O)COc1cc(B2OC(C)(C)C(C)(C)O2)c2c(C#N)cnn2c1.COc1ccc(CN2C3CC2CN(c2ncc(-c4cc(OCC(C)(C)O)cn5ncc(C#N)c45)s2)C3)cn1.COc1ccc(CN2C3CC2CN(c2ncc(Br)s2)C3)nc1. The van der Waals surface area contributed by atoms with Crippen LogP contribution in [0.3, 0.4) is 0 Å². The third kappa shape index (κ3) is 13.1. The number of piperidine rings is 2. The minimum Gasteiger partial charge on any atom is -0.495 e. The first-order valence-electron chi connectivity index (χ1n) is 28.4. The Hall–Kier alpha value is -6.98. The second-order valence-corrected chi connectivity index (χ2v) is 27.9. The van der Waals surface area contributed by atoms with Crippen LogP contribution in [0.1, 0.15) is 90.6 Å². The second-order valence-electron chi connectivity index (χ2n) is 24.5. The van der Waals surface area contributed by atoms with Gasteiger partial charge >= 0.3 is 7.12 Å². The van der Waals surface area contributed by atoms with E-state index < -0.39 is 29.5 Å². The summed E-state index contributed by atoms with van der Waals surface area (Å²) in [6, 6.07) is 18.3. The lowest BCUT2D eigenvalue weighted by molar-refractivity contribution is -0.00945. The van der Waals surface area contributed by atoms with Crippen molar-refractivity contribution in [2.24, 2.45) is 0 Å². The van der Waals surface area contributed by atoms with E-state index in [2.05, 4.69) is 85.0 Å². The van der Waals surface area contributed by atoms with Gasteiger partial charge in [-0.3, -0.25) is 14.8 Å². The number of hydrogen-bond acceptors (Lipinski definition) is 22. The Morgan fingerprint density at radius 3 is 1.73 bits per heavy atom. The Balaban J connectivity index is 0.000000140. The molecule has 2 N–H and O–H groups in total. The van der Waals surface area contributed by atoms with Gasteiger partial charge in [-0.2, -0.15) is 20.7 Å². The maximum absolute atomic E-state index is 10.1. The van der Waals surface area contributed by atoms with E-state index in [0.717, 1.165) is 80.7 Å². The fraction of sp³-hybridized carbons (Fsp3) is 0.467. The highest BCUT2D eigenvalue weighted by Gasteiger charge is 2.53. The molecule has 4 bridgehead atoms. The van der Waals surface area contributed by atoms with Crippen LogP contribution in [-0.2, 0) is 22.4 Å². The van der Waals surface area contributed by atoms with Crippen molar-refractivity contribution in [1.82, 2.24) is 49.0 Å². The number of rotatable bonds is 16. The predicted octanol–water partition coefficient (Wildman–Crippen LogP) is 7.77. The van der Waals surface area contributed by atoms with Gasteiger partial charge in [-0.15, -0.1) is 0 Å². The summed E-state index contributed by atoms with van der Waals surface area (Å²) in [5.74, 6) is 2.53. The largest absolute Gasteiger partial charge is 0.497 e. The molecule has 0 radical (unpaired) electrons. The van der Waals surface area contributed by atoms with Crippen molar-refractivity contribution in [3.8, 4) is 45.7 Å². The summed E-state index contributed by atoms with van der Waals surface area (Å²) >= 11 is 6.82. The van der Waals surface area contributed by atoms with E-state index in [1.54, 1.807) is 104 Å². The number of methoxy groups -OCH3 is 2. The highest BCUT2D eigenvalue weighted by atomic mass is 79.9. The minimum atomic E-state index is -0.971. The number of hydrogen-bond donors (Lipinski definition) is 2. The van der Waals surface area contributed by atoms with Crippen LogP contribution >= 0.6 is 38.6 Å². The molecule has 26 heteroatoms. The van der Waals surface area contributed by atoms with Gasteiger partial charge in [0.15, 0.2) is 10.3 Å². The first-order chi connectivity index (χ1) is 41.0. The van der Waals surface area contributed by atoms with Crippen molar-refractivity contribution in [3.05, 3.63) is 112 Å². The van der Waals surface area contributed by atoms with Crippen LogP contribution in [0.15, 0.2) is 89.8 Å². The van der Waals surface area contributed by atoms with E-state index in [1.165, 1.54) is 24.6 Å². The zero-order valence-electron chi connectivity index (χ0n) is 49.8. The summed E-state index contributed by atoms with van der Waals surface area (Å²) < 4.78 is 38.6. The van der Waals surface area contributed by atoms with Crippen molar-refractivity contribution in [2.45, 2.75) is 128 Å². The molecule has 7 saturated heterocycles. The molecule has 15 rings (SSSR count). The summed E-state index contributed by atoms with van der Waals surface area (Å²) in [6.07, 6.45) is 16.4. The van der Waals surface area contributed by atoms with E-state index in [0.29, 0.717) is 63.7 Å². The number of ether oxygens (including phenoxy) is 4. The van der Waals surface area contributed by atoms with Crippen molar-refractivity contribution >= 4 is 72.5 Å². The van der Waals surface area contributed by atoms with Crippen LogP contribution in [0.4, 0.5) is 10.3 Å². The molecule has 0 spiro atoms. The summed E-state index contributed by atoms with van der Waals surface area (Å²) in [5.41, 5.74) is 3.13. The summed E-state index contributed by atoms with van der Waals surface area (Å²) in [5, 5.41) is 49.8. The van der Waals surface area contributed by atoms with Gasteiger partial charge in [0.25, 0.3) is 0 Å². The molecule has 0 saturated carbocycles. The molecule has 22 nitrogen and oxygen atoms in total. The number of anilines is 2. The topological polar surface area (TPSA) is 243 Å². The molecule has 7 aliphatic rings. The monoisotopic (exact) mass is 1270 g/mol. The molecule has 0 aromatic carbocycles. The van der Waals surface area contributed by atoms with Gasteiger partial charge in [0, 0.05) is 92.9 Å². The van der Waals surface area contributed by atoms with Crippen LogP contribution < -0.4 is 34.2 Å². The molecular formula is C60H70BBrN14O8S2. The Morgan fingerprint density at radius 2 is 1.22 bits per heavy atom. The van der Waals surface area contributed by atoms with Gasteiger partial charge in [0.2, 0.25) is 5.88 Å². The maximum atomic E-state index is 10.1. The molecule has 8 aromatic rings. The Labute approximate surface area is 516 Å². The molecule has 7 fully saturated rings. The lowest BCUT2D eigenvalue weighted by atomic mass is 9.78. The third-order valence-corrected chi connectivity index (χ3v) is 19.0. The highest BCUT2D eigenvalue weighted by molar-refractivity contribution is 9.11. The van der Waals surface area contributed by atoms with Crippen molar-refractivity contribution < 1.29 is 38.5 Å². The standard InChI is InChI=1S/C27H29N7O3S.C18H24BN3O4.C15H17BrN4OS/c1-27(2,35)16-37-21-7-22(25-18(8-28)10-31-34(25)15-21)23-11-30-26(38-23)32-13-19-6-20(14-32)33(19)12-17-4-5-24(36-3)29-9-17;1-16(2,23)11-24-13-7-14(15-12(8-20)9-21-22(15)10-13)19-25-17(3,4)18(5,6)26-19;1-21-13-3-2-10(17-5-13)7-20-11-4-12(20)9-19(8-11)15-18-6-14(16)22-15/h4-5,7,9-11,15,19-20,35H,6,12-14,16H2,1-3H3;7,9-10,23H,11H2,1-6H3;2-3,5-6,11-12H,4,7-9H2,1H3. The zero-order chi connectivity index (χ0) is 60.9. The molecular weight excluding hydrogens is 1200 g/mol. The quantitative estimate of drug-likeness (QED) is 0.0878. The van der Waals surface area contributed by atoms with Gasteiger partial charge in [0.1, 0.15) is 42.6 Å². The smallest absolute Gasteiger partial charge is 0.495 e. The van der Waals surface area contributed by atoms with Gasteiger partial charge in [0.05, 0.1) is 110 Å². The maximum Gasteiger partial charge on any atom is 0.497 e. The number of nitriles is 2. The molecule has 450 valence electrons. The zero-order valence-corrected chi connectivity index (χ0v) is 53.1. The first-order valence-corrected chi connectivity index (χ1v) is 30.9. The molecule has 8 aromatic heterocycles. The van der Waals surface area contributed by atoms with Gasteiger partial charge in [-0.1, -0.05) is 28.7 Å². The van der Waals surface area contributed by atoms with E-state index in [9.17, 15) is 20.7 Å². The number of aromatic nitrogens is 8. The Morgan fingerprint density at radius 1 is 0.663 bits per heavy atom. The van der Waals surface area contributed by atoms with Gasteiger partial charge < -0.3 is 48.3 Å². The third-order valence-electron chi connectivity index (χ3n) is 16.3. The Bertz CT molecular complexity index is 3750. The van der Waals surface area contributed by atoms with Crippen molar-refractivity contribution in [1.29, 1.82) is 10.5 Å². The van der Waals surface area contributed by atoms with E-state index in [-0.39, 0.29) is 13.2 Å². The molecule has 4 atom stereocenters. The normalized spacial score (nSPS) is 20.4. The van der Waals surface area contributed by atoms with Crippen LogP contribution in [0.25, 0.3) is 21.5 Å². The minimum absolute atomic E-state index is 0.119. The number of thiazole rings is 2. The van der Waals surface area contributed by atoms with E-state index in [1.807, 2.05) is 64.5 Å². The average Bonchev–Trinajstić information content (AvgIpc) is 1.46. The van der Waals surface area contributed by atoms with Crippen LogP contribution in [0.2, 0.25) is 0 Å². The Kier molecular flexibility index (Phi) is 17.2. The van der Waals surface area contributed by atoms with Crippen molar-refractivity contribution in [3.63, 3.8) is 0 Å². The molecule has 15 heterocycles. The fourth-order valence-electron chi connectivity index (χ4n) is 11.2. The highest BCUT2D eigenvalue weighted by Crippen LogP contribution is 2.42. The number of piperazine rings is 2. The number of fused-ring (bicyclic) bond motifs is 6. The molecule has 7 aliphatic heterocycles. The first kappa shape index (κ1) is 60.7. The fourth-order valence-corrected chi connectivity index (χ4v) is 13.3. The molecule has 0 aliphatic carbocycles. The molecule has 86 heavy (non-hydrogen) atoms. The lowest BCUT2D eigenvalue weighted by Gasteiger charge is -2.56. The predicted molar refractivity (Wildman–Crippen MR) is 332 cm³/mol. The summed E-state index contributed by atoms with van der Waals surface area (Å²) in [7, 11) is 2.64. The van der Waals surface area contributed by atoms with Gasteiger partial charge in [-0.05, 0) is 114 Å². The second kappa shape index (κ2) is 24.3. The van der Waals surface area contributed by atoms with E-state index >= 15 is 0 Å². The summed E-state index contributed by atoms with van der Waals surface area (Å²) in [4.78, 5) is 28.9. The van der Waals surface area contributed by atoms with Crippen LogP contribution in [0.5, 0.6) is 23.1 Å². The number of pyridine rings is 4. The number of aliphatic hydroxyl groups is 2. The molecule has 0 amide bonds. The average molecular weight is 1270 g/mol. The lowest BCUT2D eigenvalue weighted by Crippen LogP contribution is -2.68. The van der Waals surface area contributed by atoms with Crippen LogP contribution in [-0.4, -0.2) is 166 Å². The molecule has 4 unspecified atom stereocenters. The summed E-state index contributed by atoms with van der Waals surface area (Å²) in [6.45, 7) is 20.7. The van der Waals surface area contributed by atoms with E-state index in [4.69, 9.17) is 33.2 Å². The van der Waals surface area contributed by atoms with Gasteiger partial charge in [-0.25, -0.2) is 24.0 Å². The van der Waals surface area contributed by atoms with Crippen LogP contribution in [0, 0.1) is 22.7 Å².